The Kier molecular flexibility index (Phi) is 4.44. The monoisotopic (exact) mass is 338 g/mol. The number of hydrogen-bond donors (Lipinski definition) is 1. The summed E-state index contributed by atoms with van der Waals surface area (Å²) in [6, 6.07) is 10.9. The van der Waals surface area contributed by atoms with E-state index < -0.39 is 0 Å². The maximum atomic E-state index is 12.8. The van der Waals surface area contributed by atoms with Crippen LogP contribution in [0.5, 0.6) is 5.75 Å². The predicted octanol–water partition coefficient (Wildman–Crippen LogP) is 3.68. The fraction of sp³-hybridized carbons (Fsp3) is 0.316. The second kappa shape index (κ2) is 6.55. The lowest BCUT2D eigenvalue weighted by Gasteiger charge is -2.20. The normalized spacial score (nSPS) is 11.5. The minimum atomic E-state index is -0.277. The van der Waals surface area contributed by atoms with Gasteiger partial charge in [-0.05, 0) is 25.1 Å². The molecule has 0 spiro atoms. The van der Waals surface area contributed by atoms with E-state index in [0.717, 1.165) is 5.69 Å². The number of amides is 1. The predicted molar refractivity (Wildman–Crippen MR) is 97.3 cm³/mol. The lowest BCUT2D eigenvalue weighted by atomic mass is 9.91. The van der Waals surface area contributed by atoms with Crippen molar-refractivity contribution >= 4 is 17.2 Å². The van der Waals surface area contributed by atoms with Crippen molar-refractivity contribution in [2.75, 3.05) is 11.9 Å². The molecule has 0 aliphatic carbocycles. The third-order valence-corrected chi connectivity index (χ3v) is 3.80. The number of rotatable bonds is 4. The molecule has 6 heteroatoms. The molecule has 6 nitrogen and oxygen atoms in total. The van der Waals surface area contributed by atoms with Crippen LogP contribution in [0.3, 0.4) is 0 Å². The molecule has 0 fully saturated rings. The van der Waals surface area contributed by atoms with Crippen LogP contribution >= 0.6 is 0 Å². The zero-order chi connectivity index (χ0) is 18.0. The van der Waals surface area contributed by atoms with Gasteiger partial charge in [-0.2, -0.15) is 5.10 Å². The fourth-order valence-electron chi connectivity index (χ4n) is 2.60. The Labute approximate surface area is 146 Å². The van der Waals surface area contributed by atoms with Gasteiger partial charge in [-0.25, -0.2) is 9.50 Å². The fourth-order valence-corrected chi connectivity index (χ4v) is 2.60. The quantitative estimate of drug-likeness (QED) is 0.788. The summed E-state index contributed by atoms with van der Waals surface area (Å²) in [6.45, 7) is 8.67. The average Bonchev–Trinajstić information content (AvgIpc) is 3.03. The molecule has 3 aromatic rings. The Balaban J connectivity index is 1.98. The van der Waals surface area contributed by atoms with Gasteiger partial charge in [0.2, 0.25) is 0 Å². The number of carbonyl (C=O) groups excluding carboxylic acids is 1. The first-order chi connectivity index (χ1) is 11.9. The molecule has 0 bridgehead atoms. The van der Waals surface area contributed by atoms with Gasteiger partial charge in [0.25, 0.3) is 5.91 Å². The molecular formula is C19H22N4O2. The van der Waals surface area contributed by atoms with E-state index in [1.54, 1.807) is 22.8 Å². The van der Waals surface area contributed by atoms with Gasteiger partial charge < -0.3 is 10.1 Å². The van der Waals surface area contributed by atoms with Gasteiger partial charge in [-0.15, -0.1) is 0 Å². The van der Waals surface area contributed by atoms with Gasteiger partial charge in [-0.3, -0.25) is 4.79 Å². The van der Waals surface area contributed by atoms with Crippen LogP contribution in [0.25, 0.3) is 5.65 Å². The van der Waals surface area contributed by atoms with Gasteiger partial charge in [0.05, 0.1) is 24.2 Å². The topological polar surface area (TPSA) is 68.5 Å². The van der Waals surface area contributed by atoms with Crippen molar-refractivity contribution in [2.45, 2.75) is 33.1 Å². The van der Waals surface area contributed by atoms with Crippen molar-refractivity contribution in [2.24, 2.45) is 0 Å². The Morgan fingerprint density at radius 2 is 2.00 bits per heavy atom. The zero-order valence-electron chi connectivity index (χ0n) is 14.9. The van der Waals surface area contributed by atoms with Crippen LogP contribution in [0.15, 0.2) is 42.6 Å². The standard InChI is InChI=1S/C19H22N4O2/c1-5-25-15-9-7-6-8-13(15)22-18(24)14-12-16(19(2,3)4)23-17(21-14)10-11-20-23/h6-12H,5H2,1-4H3,(H,22,24). The molecule has 2 aromatic heterocycles. The van der Waals surface area contributed by atoms with Crippen LogP contribution in [0.1, 0.15) is 43.9 Å². The molecule has 130 valence electrons. The molecule has 0 saturated heterocycles. The highest BCUT2D eigenvalue weighted by atomic mass is 16.5. The van der Waals surface area contributed by atoms with Gasteiger partial charge in [-0.1, -0.05) is 32.9 Å². The third-order valence-electron chi connectivity index (χ3n) is 3.80. The van der Waals surface area contributed by atoms with Crippen LogP contribution in [-0.2, 0) is 5.41 Å². The van der Waals surface area contributed by atoms with Crippen molar-refractivity contribution in [1.29, 1.82) is 0 Å². The lowest BCUT2D eigenvalue weighted by molar-refractivity contribution is 0.102. The molecule has 1 amide bonds. The number of ether oxygens (including phenoxy) is 1. The number of hydrogen-bond acceptors (Lipinski definition) is 4. The van der Waals surface area contributed by atoms with Gasteiger partial charge >= 0.3 is 0 Å². The van der Waals surface area contributed by atoms with Crippen molar-refractivity contribution in [3.05, 3.63) is 54.0 Å². The van der Waals surface area contributed by atoms with Gasteiger partial charge in [0, 0.05) is 11.5 Å². The number of nitrogens with one attached hydrogen (secondary N) is 1. The Hall–Kier alpha value is -2.89. The molecule has 25 heavy (non-hydrogen) atoms. The SMILES string of the molecule is CCOc1ccccc1NC(=O)c1cc(C(C)(C)C)n2nccc2n1. The first kappa shape index (κ1) is 17.0. The summed E-state index contributed by atoms with van der Waals surface area (Å²) in [5.41, 5.74) is 2.37. The van der Waals surface area contributed by atoms with Gasteiger partial charge in [0.15, 0.2) is 5.65 Å². The number of aromatic nitrogens is 3. The second-order valence-corrected chi connectivity index (χ2v) is 6.76. The Morgan fingerprint density at radius 3 is 2.72 bits per heavy atom. The number of carbonyl (C=O) groups is 1. The van der Waals surface area contributed by atoms with E-state index in [9.17, 15) is 4.79 Å². The maximum absolute atomic E-state index is 12.8. The Morgan fingerprint density at radius 1 is 1.24 bits per heavy atom. The molecule has 0 aliphatic heterocycles. The number of benzene rings is 1. The Bertz CT molecular complexity index is 909. The third kappa shape index (κ3) is 3.47. The van der Waals surface area contributed by atoms with Crippen LogP contribution in [0.4, 0.5) is 5.69 Å². The van der Waals surface area contributed by atoms with Crippen LogP contribution in [0.2, 0.25) is 0 Å². The summed E-state index contributed by atoms with van der Waals surface area (Å²) in [5, 5.41) is 7.20. The number of para-hydroxylation sites is 2. The molecule has 0 atom stereocenters. The van der Waals surface area contributed by atoms with E-state index in [2.05, 4.69) is 36.2 Å². The molecule has 1 aromatic carbocycles. The lowest BCUT2D eigenvalue weighted by Crippen LogP contribution is -2.21. The average molecular weight is 338 g/mol. The number of nitrogens with zero attached hydrogens (tertiary/aromatic N) is 3. The maximum Gasteiger partial charge on any atom is 0.274 e. The smallest absolute Gasteiger partial charge is 0.274 e. The van der Waals surface area contributed by atoms with E-state index >= 15 is 0 Å². The van der Waals surface area contributed by atoms with E-state index in [1.807, 2.05) is 31.2 Å². The first-order valence-electron chi connectivity index (χ1n) is 8.28. The molecule has 0 radical (unpaired) electrons. The summed E-state index contributed by atoms with van der Waals surface area (Å²) in [6.07, 6.45) is 1.68. The molecular weight excluding hydrogens is 316 g/mol. The van der Waals surface area contributed by atoms with Crippen LogP contribution in [0, 0.1) is 0 Å². The van der Waals surface area contributed by atoms with E-state index in [4.69, 9.17) is 4.74 Å². The summed E-state index contributed by atoms with van der Waals surface area (Å²) >= 11 is 0. The molecule has 3 rings (SSSR count). The minimum Gasteiger partial charge on any atom is -0.492 e. The van der Waals surface area contributed by atoms with Crippen molar-refractivity contribution in [3.63, 3.8) is 0 Å². The number of fused-ring (bicyclic) bond motifs is 1. The van der Waals surface area contributed by atoms with Crippen molar-refractivity contribution in [3.8, 4) is 5.75 Å². The summed E-state index contributed by atoms with van der Waals surface area (Å²) in [5.74, 6) is 0.362. The zero-order valence-corrected chi connectivity index (χ0v) is 14.9. The second-order valence-electron chi connectivity index (χ2n) is 6.76. The van der Waals surface area contributed by atoms with Gasteiger partial charge in [0.1, 0.15) is 11.4 Å². The summed E-state index contributed by atoms with van der Waals surface area (Å²) in [7, 11) is 0. The van der Waals surface area contributed by atoms with Crippen LogP contribution in [-0.4, -0.2) is 27.1 Å². The minimum absolute atomic E-state index is 0.175. The molecule has 2 heterocycles. The summed E-state index contributed by atoms with van der Waals surface area (Å²) in [4.78, 5) is 17.2. The molecule has 0 saturated carbocycles. The van der Waals surface area contributed by atoms with E-state index in [1.165, 1.54) is 0 Å². The highest BCUT2D eigenvalue weighted by molar-refractivity contribution is 6.04. The molecule has 0 aliphatic rings. The van der Waals surface area contributed by atoms with E-state index in [0.29, 0.717) is 29.4 Å². The number of anilines is 1. The van der Waals surface area contributed by atoms with Crippen LogP contribution < -0.4 is 10.1 Å². The molecule has 0 unspecified atom stereocenters. The largest absolute Gasteiger partial charge is 0.492 e. The first-order valence-corrected chi connectivity index (χ1v) is 8.28. The molecule has 1 N–H and O–H groups in total. The highest BCUT2D eigenvalue weighted by Gasteiger charge is 2.22. The van der Waals surface area contributed by atoms with E-state index in [-0.39, 0.29) is 11.3 Å². The summed E-state index contributed by atoms with van der Waals surface area (Å²) < 4.78 is 7.33. The highest BCUT2D eigenvalue weighted by Crippen LogP contribution is 2.26. The van der Waals surface area contributed by atoms with Crippen molar-refractivity contribution in [1.82, 2.24) is 14.6 Å². The van der Waals surface area contributed by atoms with Crippen molar-refractivity contribution < 1.29 is 9.53 Å².